The molecule has 0 spiro atoms. The van der Waals surface area contributed by atoms with Crippen molar-refractivity contribution in [3.63, 3.8) is 0 Å². The maximum Gasteiger partial charge on any atom is 0.222 e. The highest BCUT2D eigenvalue weighted by molar-refractivity contribution is 5.95. The monoisotopic (exact) mass is 266 g/mol. The Bertz CT molecular complexity index is 776. The fourth-order valence-electron chi connectivity index (χ4n) is 2.45. The quantitative estimate of drug-likeness (QED) is 0.725. The number of aromatic nitrogens is 1. The molecule has 3 rings (SSSR count). The zero-order valence-electron chi connectivity index (χ0n) is 11.1. The molecule has 0 unspecified atom stereocenters. The molecule has 4 heteroatoms. The predicted molar refractivity (Wildman–Crippen MR) is 79.3 cm³/mol. The minimum Gasteiger partial charge on any atom is -0.493 e. The SMILES string of the molecule is Cc1ccc2c(c1)c(N=O)c(O)n2Cc1ccccc1. The molecule has 100 valence electrons. The van der Waals surface area contributed by atoms with E-state index in [9.17, 15) is 10.0 Å². The number of rotatable bonds is 3. The molecular weight excluding hydrogens is 252 g/mol. The number of fused-ring (bicyclic) bond motifs is 1. The summed E-state index contributed by atoms with van der Waals surface area (Å²) in [5.74, 6) is -0.0792. The Morgan fingerprint density at radius 1 is 1.15 bits per heavy atom. The molecule has 0 fully saturated rings. The third-order valence-electron chi connectivity index (χ3n) is 3.44. The van der Waals surface area contributed by atoms with Crippen molar-refractivity contribution in [2.24, 2.45) is 5.18 Å². The highest BCUT2D eigenvalue weighted by Crippen LogP contribution is 2.39. The van der Waals surface area contributed by atoms with E-state index in [-0.39, 0.29) is 11.6 Å². The summed E-state index contributed by atoms with van der Waals surface area (Å²) in [5.41, 5.74) is 3.00. The Labute approximate surface area is 116 Å². The molecule has 4 nitrogen and oxygen atoms in total. The van der Waals surface area contributed by atoms with Gasteiger partial charge in [0.15, 0.2) is 5.69 Å². The molecule has 0 amide bonds. The highest BCUT2D eigenvalue weighted by Gasteiger charge is 2.17. The molecule has 0 bridgehead atoms. The first-order valence-corrected chi connectivity index (χ1v) is 6.40. The average Bonchev–Trinajstić information content (AvgIpc) is 2.71. The van der Waals surface area contributed by atoms with E-state index in [2.05, 4.69) is 5.18 Å². The lowest BCUT2D eigenvalue weighted by atomic mass is 10.1. The molecule has 0 saturated carbocycles. The van der Waals surface area contributed by atoms with Crippen molar-refractivity contribution in [2.75, 3.05) is 0 Å². The Balaban J connectivity index is 2.20. The molecule has 2 aromatic carbocycles. The molecule has 1 heterocycles. The summed E-state index contributed by atoms with van der Waals surface area (Å²) in [4.78, 5) is 11.0. The van der Waals surface area contributed by atoms with Crippen molar-refractivity contribution in [3.05, 3.63) is 64.6 Å². The molecule has 0 aliphatic rings. The van der Waals surface area contributed by atoms with Crippen LogP contribution in [0.2, 0.25) is 0 Å². The van der Waals surface area contributed by atoms with E-state index in [1.807, 2.05) is 55.5 Å². The van der Waals surface area contributed by atoms with Crippen LogP contribution in [0.4, 0.5) is 5.69 Å². The number of nitrogens with zero attached hydrogens (tertiary/aromatic N) is 2. The van der Waals surface area contributed by atoms with E-state index in [4.69, 9.17) is 0 Å². The fourth-order valence-corrected chi connectivity index (χ4v) is 2.45. The fraction of sp³-hybridized carbons (Fsp3) is 0.125. The van der Waals surface area contributed by atoms with Gasteiger partial charge in [-0.15, -0.1) is 4.91 Å². The van der Waals surface area contributed by atoms with Gasteiger partial charge in [-0.1, -0.05) is 42.0 Å². The van der Waals surface area contributed by atoms with Gasteiger partial charge in [-0.3, -0.25) is 0 Å². The van der Waals surface area contributed by atoms with E-state index in [0.29, 0.717) is 11.9 Å². The third-order valence-corrected chi connectivity index (χ3v) is 3.44. The molecule has 0 atom stereocenters. The van der Waals surface area contributed by atoms with Crippen LogP contribution in [0.5, 0.6) is 5.88 Å². The lowest BCUT2D eigenvalue weighted by Crippen LogP contribution is -1.98. The number of aromatic hydroxyl groups is 1. The van der Waals surface area contributed by atoms with Gasteiger partial charge in [-0.25, -0.2) is 0 Å². The molecule has 3 aromatic rings. The van der Waals surface area contributed by atoms with Crippen LogP contribution in [0.1, 0.15) is 11.1 Å². The molecule has 1 N–H and O–H groups in total. The van der Waals surface area contributed by atoms with Crippen molar-refractivity contribution in [2.45, 2.75) is 13.5 Å². The first kappa shape index (κ1) is 12.4. The van der Waals surface area contributed by atoms with Crippen LogP contribution in [-0.4, -0.2) is 9.67 Å². The molecule has 1 aromatic heterocycles. The van der Waals surface area contributed by atoms with Crippen LogP contribution in [0.3, 0.4) is 0 Å². The average molecular weight is 266 g/mol. The maximum absolute atomic E-state index is 11.0. The second-order valence-electron chi connectivity index (χ2n) is 4.86. The van der Waals surface area contributed by atoms with E-state index in [1.54, 1.807) is 4.57 Å². The zero-order chi connectivity index (χ0) is 14.1. The van der Waals surface area contributed by atoms with E-state index in [1.165, 1.54) is 0 Å². The van der Waals surface area contributed by atoms with Gasteiger partial charge >= 0.3 is 0 Å². The van der Waals surface area contributed by atoms with Gasteiger partial charge in [-0.2, -0.15) is 0 Å². The lowest BCUT2D eigenvalue weighted by molar-refractivity contribution is 0.430. The van der Waals surface area contributed by atoms with E-state index < -0.39 is 0 Å². The largest absolute Gasteiger partial charge is 0.493 e. The minimum absolute atomic E-state index is 0.0792. The van der Waals surface area contributed by atoms with Crippen LogP contribution in [0.15, 0.2) is 53.7 Å². The topological polar surface area (TPSA) is 54.6 Å². The number of nitroso groups, excluding NO2 is 1. The zero-order valence-corrected chi connectivity index (χ0v) is 11.1. The standard InChI is InChI=1S/C16H14N2O2/c1-11-7-8-14-13(9-11)15(17-20)16(19)18(14)10-12-5-3-2-4-6-12/h2-9,19H,10H2,1H3. The molecule has 0 saturated heterocycles. The number of hydrogen-bond acceptors (Lipinski definition) is 3. The number of aryl methyl sites for hydroxylation is 1. The summed E-state index contributed by atoms with van der Waals surface area (Å²) in [6, 6.07) is 15.5. The second kappa shape index (κ2) is 4.81. The normalized spacial score (nSPS) is 10.8. The van der Waals surface area contributed by atoms with Gasteiger partial charge in [0, 0.05) is 5.39 Å². The van der Waals surface area contributed by atoms with E-state index >= 15 is 0 Å². The third kappa shape index (κ3) is 1.95. The van der Waals surface area contributed by atoms with Gasteiger partial charge in [0.1, 0.15) is 0 Å². The Morgan fingerprint density at radius 3 is 2.60 bits per heavy atom. The van der Waals surface area contributed by atoms with Crippen LogP contribution in [0, 0.1) is 11.8 Å². The van der Waals surface area contributed by atoms with Crippen LogP contribution < -0.4 is 0 Å². The van der Waals surface area contributed by atoms with Crippen molar-refractivity contribution < 1.29 is 5.11 Å². The molecule has 0 aliphatic heterocycles. The summed E-state index contributed by atoms with van der Waals surface area (Å²) < 4.78 is 1.71. The summed E-state index contributed by atoms with van der Waals surface area (Å²) in [6.07, 6.45) is 0. The molecule has 0 aliphatic carbocycles. The Kier molecular flexibility index (Phi) is 2.99. The van der Waals surface area contributed by atoms with Crippen LogP contribution in [-0.2, 0) is 6.54 Å². The molecule has 0 radical (unpaired) electrons. The minimum atomic E-state index is -0.0792. The van der Waals surface area contributed by atoms with Crippen molar-refractivity contribution in [1.82, 2.24) is 4.57 Å². The van der Waals surface area contributed by atoms with Gasteiger partial charge in [0.05, 0.1) is 12.1 Å². The Hall–Kier alpha value is -2.62. The van der Waals surface area contributed by atoms with Crippen molar-refractivity contribution >= 4 is 16.6 Å². The van der Waals surface area contributed by atoms with Gasteiger partial charge < -0.3 is 9.67 Å². The summed E-state index contributed by atoms with van der Waals surface area (Å²) in [6.45, 7) is 2.45. The lowest BCUT2D eigenvalue weighted by Gasteiger charge is -2.07. The summed E-state index contributed by atoms with van der Waals surface area (Å²) in [5, 5.41) is 13.9. The van der Waals surface area contributed by atoms with Crippen LogP contribution >= 0.6 is 0 Å². The molecule has 20 heavy (non-hydrogen) atoms. The first-order valence-electron chi connectivity index (χ1n) is 6.40. The van der Waals surface area contributed by atoms with Gasteiger partial charge in [0.25, 0.3) is 0 Å². The highest BCUT2D eigenvalue weighted by atomic mass is 16.3. The summed E-state index contributed by atoms with van der Waals surface area (Å²) in [7, 11) is 0. The second-order valence-corrected chi connectivity index (χ2v) is 4.86. The Morgan fingerprint density at radius 2 is 1.90 bits per heavy atom. The van der Waals surface area contributed by atoms with Gasteiger partial charge in [0.2, 0.25) is 5.88 Å². The maximum atomic E-state index is 11.0. The summed E-state index contributed by atoms with van der Waals surface area (Å²) >= 11 is 0. The van der Waals surface area contributed by atoms with Crippen molar-refractivity contribution in [3.8, 4) is 5.88 Å². The number of benzene rings is 2. The van der Waals surface area contributed by atoms with Crippen molar-refractivity contribution in [1.29, 1.82) is 0 Å². The van der Waals surface area contributed by atoms with Gasteiger partial charge in [-0.05, 0) is 29.8 Å². The smallest absolute Gasteiger partial charge is 0.222 e. The van der Waals surface area contributed by atoms with E-state index in [0.717, 1.165) is 16.6 Å². The first-order chi connectivity index (χ1) is 9.70. The molecular formula is C16H14N2O2. The number of hydrogen-bond donors (Lipinski definition) is 1. The van der Waals surface area contributed by atoms with Crippen LogP contribution in [0.25, 0.3) is 10.9 Å². The predicted octanol–water partition coefficient (Wildman–Crippen LogP) is 4.10.